The van der Waals surface area contributed by atoms with Gasteiger partial charge in [0.2, 0.25) is 10.0 Å². The molecule has 1 saturated carbocycles. The molecule has 6 nitrogen and oxygen atoms in total. The Kier molecular flexibility index (Phi) is 9.28. The Balaban J connectivity index is 1.65. The molecular formula is C32H33Cl2FN2O4S. The van der Waals surface area contributed by atoms with E-state index in [4.69, 9.17) is 27.9 Å². The number of ether oxygens (including phenoxy) is 1. The number of hydrogen-bond donors (Lipinski definition) is 0. The molecule has 3 aromatic rings. The van der Waals surface area contributed by atoms with Crippen LogP contribution in [0.3, 0.4) is 0 Å². The van der Waals surface area contributed by atoms with E-state index in [1.807, 2.05) is 31.2 Å². The van der Waals surface area contributed by atoms with Crippen LogP contribution in [-0.2, 0) is 19.6 Å². The van der Waals surface area contributed by atoms with Crippen LogP contribution in [-0.4, -0.2) is 43.2 Å². The Morgan fingerprint density at radius 3 is 2.38 bits per heavy atom. The summed E-state index contributed by atoms with van der Waals surface area (Å²) < 4.78 is 50.2. The van der Waals surface area contributed by atoms with Crippen molar-refractivity contribution in [2.75, 3.05) is 10.8 Å². The summed E-state index contributed by atoms with van der Waals surface area (Å²) in [5.41, 5.74) is 1.50. The first-order valence-electron chi connectivity index (χ1n) is 14.0. The number of carbonyl (C=O) groups is 1. The van der Waals surface area contributed by atoms with Gasteiger partial charge in [0.25, 0.3) is 5.91 Å². The number of benzene rings is 3. The molecule has 1 heterocycles. The van der Waals surface area contributed by atoms with E-state index in [9.17, 15) is 13.2 Å². The summed E-state index contributed by atoms with van der Waals surface area (Å²) in [5.74, 6) is -0.933. The quantitative estimate of drug-likeness (QED) is 0.206. The van der Waals surface area contributed by atoms with Crippen LogP contribution in [0.15, 0.2) is 85.5 Å². The zero-order chi connectivity index (χ0) is 30.0. The van der Waals surface area contributed by atoms with Gasteiger partial charge in [-0.1, -0.05) is 72.6 Å². The van der Waals surface area contributed by atoms with Crippen LogP contribution in [0.1, 0.15) is 55.9 Å². The highest BCUT2D eigenvalue weighted by Crippen LogP contribution is 2.45. The van der Waals surface area contributed by atoms with Gasteiger partial charge in [-0.05, 0) is 66.8 Å². The third kappa shape index (κ3) is 6.23. The largest absolute Gasteiger partial charge is 0.358 e. The van der Waals surface area contributed by atoms with Crippen molar-refractivity contribution in [3.05, 3.63) is 112 Å². The molecule has 1 aliphatic heterocycles. The SMILES string of the molecule is C=CC[C@H]1O[C@H](c2cccc(Cl)c2)[C@@H](c2ccc(Cl)cc2)N(C(CC)CN(c2ccccc2F)S(=O)(=O)C2CC2)C1=O. The average molecular weight is 632 g/mol. The first kappa shape index (κ1) is 30.5. The number of hydrogen-bond acceptors (Lipinski definition) is 4. The monoisotopic (exact) mass is 630 g/mol. The fourth-order valence-corrected chi connectivity index (χ4v) is 7.78. The molecule has 1 amide bonds. The third-order valence-corrected chi connectivity index (χ3v) is 10.6. The minimum Gasteiger partial charge on any atom is -0.358 e. The zero-order valence-corrected chi connectivity index (χ0v) is 25.5. The first-order chi connectivity index (χ1) is 20.1. The lowest BCUT2D eigenvalue weighted by Crippen LogP contribution is -2.57. The highest BCUT2D eigenvalue weighted by molar-refractivity contribution is 7.93. The molecule has 0 spiro atoms. The molecule has 2 fully saturated rings. The lowest BCUT2D eigenvalue weighted by molar-refractivity contribution is -0.178. The fraction of sp³-hybridized carbons (Fsp3) is 0.344. The third-order valence-electron chi connectivity index (χ3n) is 7.81. The van der Waals surface area contributed by atoms with Gasteiger partial charge in [-0.2, -0.15) is 0 Å². The molecule has 1 saturated heterocycles. The molecule has 1 unspecified atom stereocenters. The van der Waals surface area contributed by atoms with E-state index in [1.54, 1.807) is 41.3 Å². The van der Waals surface area contributed by atoms with E-state index in [2.05, 4.69) is 6.58 Å². The number of halogens is 3. The molecule has 222 valence electrons. The lowest BCUT2D eigenvalue weighted by Gasteiger charge is -2.49. The number of nitrogens with zero attached hydrogens (tertiary/aromatic N) is 2. The first-order valence-corrected chi connectivity index (χ1v) is 16.3. The van der Waals surface area contributed by atoms with Gasteiger partial charge >= 0.3 is 0 Å². The van der Waals surface area contributed by atoms with Crippen LogP contribution in [0, 0.1) is 5.82 Å². The van der Waals surface area contributed by atoms with Gasteiger partial charge in [0.15, 0.2) is 0 Å². The maximum absolute atomic E-state index is 15.1. The number of anilines is 1. The fourth-order valence-electron chi connectivity index (χ4n) is 5.56. The summed E-state index contributed by atoms with van der Waals surface area (Å²) in [5, 5.41) is 0.475. The molecule has 2 aliphatic rings. The summed E-state index contributed by atoms with van der Waals surface area (Å²) in [6.07, 6.45) is 1.84. The highest BCUT2D eigenvalue weighted by atomic mass is 35.5. The van der Waals surface area contributed by atoms with Crippen LogP contribution in [0.5, 0.6) is 0 Å². The van der Waals surface area contributed by atoms with Crippen molar-refractivity contribution in [2.45, 2.75) is 62.1 Å². The van der Waals surface area contributed by atoms with Crippen molar-refractivity contribution < 1.29 is 22.3 Å². The van der Waals surface area contributed by atoms with Crippen molar-refractivity contribution in [1.29, 1.82) is 0 Å². The topological polar surface area (TPSA) is 66.9 Å². The second-order valence-corrected chi connectivity index (χ2v) is 13.7. The number of sulfonamides is 1. The molecule has 0 N–H and O–H groups in total. The van der Waals surface area contributed by atoms with Crippen LogP contribution >= 0.6 is 23.2 Å². The van der Waals surface area contributed by atoms with Crippen LogP contribution in [0.25, 0.3) is 0 Å². The molecule has 0 bridgehead atoms. The molecule has 0 radical (unpaired) electrons. The van der Waals surface area contributed by atoms with Crippen LogP contribution < -0.4 is 4.31 Å². The Bertz CT molecular complexity index is 1550. The highest BCUT2D eigenvalue weighted by Gasteiger charge is 2.48. The Morgan fingerprint density at radius 2 is 1.76 bits per heavy atom. The van der Waals surface area contributed by atoms with Crippen molar-refractivity contribution in [3.8, 4) is 0 Å². The van der Waals surface area contributed by atoms with Gasteiger partial charge in [-0.3, -0.25) is 9.10 Å². The van der Waals surface area contributed by atoms with Gasteiger partial charge < -0.3 is 9.64 Å². The maximum Gasteiger partial charge on any atom is 0.252 e. The Labute approximate surface area is 256 Å². The second-order valence-electron chi connectivity index (χ2n) is 10.7. The Morgan fingerprint density at radius 1 is 1.05 bits per heavy atom. The van der Waals surface area contributed by atoms with E-state index in [-0.39, 0.29) is 24.6 Å². The van der Waals surface area contributed by atoms with Gasteiger partial charge in [-0.25, -0.2) is 12.8 Å². The molecule has 10 heteroatoms. The van der Waals surface area contributed by atoms with E-state index >= 15 is 4.39 Å². The second kappa shape index (κ2) is 12.8. The van der Waals surface area contributed by atoms with Crippen molar-refractivity contribution in [3.63, 3.8) is 0 Å². The van der Waals surface area contributed by atoms with E-state index < -0.39 is 45.4 Å². The van der Waals surface area contributed by atoms with Crippen LogP contribution in [0.4, 0.5) is 10.1 Å². The van der Waals surface area contributed by atoms with Crippen molar-refractivity contribution in [1.82, 2.24) is 4.90 Å². The molecule has 3 aromatic carbocycles. The summed E-state index contributed by atoms with van der Waals surface area (Å²) in [6, 6.07) is 19.0. The van der Waals surface area contributed by atoms with Crippen LogP contribution in [0.2, 0.25) is 10.0 Å². The predicted molar refractivity (Wildman–Crippen MR) is 165 cm³/mol. The number of amides is 1. The minimum absolute atomic E-state index is 0.0272. The van der Waals surface area contributed by atoms with E-state index in [1.165, 1.54) is 18.2 Å². The molecule has 0 aromatic heterocycles. The van der Waals surface area contributed by atoms with E-state index in [0.29, 0.717) is 29.3 Å². The average Bonchev–Trinajstić information content (AvgIpc) is 3.83. The Hall–Kier alpha value is -2.91. The number of carbonyl (C=O) groups excluding carboxylic acids is 1. The van der Waals surface area contributed by atoms with Gasteiger partial charge in [-0.15, -0.1) is 6.58 Å². The predicted octanol–water partition coefficient (Wildman–Crippen LogP) is 7.50. The normalized spacial score (nSPS) is 21.7. The number of rotatable bonds is 11. The maximum atomic E-state index is 15.1. The smallest absolute Gasteiger partial charge is 0.252 e. The summed E-state index contributed by atoms with van der Waals surface area (Å²) in [7, 11) is -3.87. The zero-order valence-electron chi connectivity index (χ0n) is 23.2. The van der Waals surface area contributed by atoms with Crippen molar-refractivity contribution >= 4 is 44.8 Å². The molecular weight excluding hydrogens is 598 g/mol. The number of morpholine rings is 1. The molecule has 42 heavy (non-hydrogen) atoms. The standard InChI is InChI=1S/C32H33Cl2FN2O4S/c1-3-8-29-32(38)37(25(4-2)20-36(42(39,40)26-17-18-26)28-12-6-5-11-27(28)35)30(21-13-15-23(33)16-14-21)31(41-29)22-9-7-10-24(34)19-22/h3,5-7,9-16,19,25-26,29-31H,1,4,8,17-18,20H2,2H3/t25?,29-,30-,31-/m1/s1. The molecule has 1 aliphatic carbocycles. The van der Waals surface area contributed by atoms with Crippen molar-refractivity contribution in [2.24, 2.45) is 0 Å². The summed E-state index contributed by atoms with van der Waals surface area (Å²) in [6.45, 7) is 5.60. The molecule has 4 atom stereocenters. The minimum atomic E-state index is -3.87. The van der Waals surface area contributed by atoms with Gasteiger partial charge in [0, 0.05) is 16.5 Å². The van der Waals surface area contributed by atoms with Gasteiger partial charge in [0.05, 0.1) is 29.6 Å². The lowest BCUT2D eigenvalue weighted by atomic mass is 9.89. The number of para-hydroxylation sites is 1. The summed E-state index contributed by atoms with van der Waals surface area (Å²) >= 11 is 12.6. The summed E-state index contributed by atoms with van der Waals surface area (Å²) in [4.78, 5) is 16.0. The molecule has 5 rings (SSSR count). The van der Waals surface area contributed by atoms with E-state index in [0.717, 1.165) is 15.4 Å². The van der Waals surface area contributed by atoms with Gasteiger partial charge in [0.1, 0.15) is 18.0 Å².